The second-order valence-electron chi connectivity index (χ2n) is 10.8. The van der Waals surface area contributed by atoms with Gasteiger partial charge in [0, 0.05) is 36.8 Å². The number of hydrogen-bond donors (Lipinski definition) is 2. The number of likely N-dealkylation sites (N-methyl/N-ethyl adjacent to an activating group) is 1. The minimum absolute atomic E-state index is 0.102. The lowest BCUT2D eigenvalue weighted by Crippen LogP contribution is -2.35. The third-order valence-corrected chi connectivity index (χ3v) is 6.55. The fourth-order valence-electron chi connectivity index (χ4n) is 4.50. The van der Waals surface area contributed by atoms with Crippen molar-refractivity contribution in [2.75, 3.05) is 18.9 Å². The van der Waals surface area contributed by atoms with Crippen molar-refractivity contribution < 1.29 is 14.0 Å². The Morgan fingerprint density at radius 1 is 1.33 bits per heavy atom. The van der Waals surface area contributed by atoms with Crippen LogP contribution in [-0.2, 0) is 29.0 Å². The van der Waals surface area contributed by atoms with Crippen LogP contribution in [0.25, 0.3) is 17.0 Å². The summed E-state index contributed by atoms with van der Waals surface area (Å²) in [5, 5.41) is 3.90. The second-order valence-corrected chi connectivity index (χ2v) is 11.0. The fraction of sp³-hybridized carbons (Fsp3) is 0.393. The average molecular weight is 509 g/mol. The molecule has 190 valence electrons. The standard InChI is InChI=1S/C28H33ClN4O3/c1-17-22-11-18(13-28(2,3)4)6-8-23(22)36-24(17)16-33(5)25(34)9-7-19-10-20-12-21(15-31-29)27(35)32-26(20)30-14-19/h6-11,14,21,31H,12-13,15-16H2,1-5H3,(H,30,32,35)/b9-7+. The van der Waals surface area contributed by atoms with Gasteiger partial charge in [-0.05, 0) is 77.9 Å². The number of pyridine rings is 1. The smallest absolute Gasteiger partial charge is 0.246 e. The molecule has 1 unspecified atom stereocenters. The summed E-state index contributed by atoms with van der Waals surface area (Å²) >= 11 is 5.59. The molecule has 36 heavy (non-hydrogen) atoms. The van der Waals surface area contributed by atoms with Gasteiger partial charge in [0.05, 0.1) is 12.5 Å². The molecule has 0 saturated carbocycles. The predicted molar refractivity (Wildman–Crippen MR) is 144 cm³/mol. The molecule has 7 nitrogen and oxygen atoms in total. The number of rotatable bonds is 7. The zero-order chi connectivity index (χ0) is 26.0. The minimum Gasteiger partial charge on any atom is -0.459 e. The van der Waals surface area contributed by atoms with Crippen molar-refractivity contribution in [3.05, 3.63) is 64.6 Å². The normalized spacial score (nSPS) is 15.8. The summed E-state index contributed by atoms with van der Waals surface area (Å²) in [6, 6.07) is 8.27. The van der Waals surface area contributed by atoms with Crippen LogP contribution >= 0.6 is 11.8 Å². The molecule has 3 heterocycles. The molecule has 1 aliphatic heterocycles. The Bertz CT molecular complexity index is 1320. The van der Waals surface area contributed by atoms with Crippen molar-refractivity contribution in [1.82, 2.24) is 14.7 Å². The Morgan fingerprint density at radius 2 is 2.11 bits per heavy atom. The molecule has 2 N–H and O–H groups in total. The lowest BCUT2D eigenvalue weighted by Gasteiger charge is -2.23. The summed E-state index contributed by atoms with van der Waals surface area (Å²) in [6.07, 6.45) is 6.43. The minimum atomic E-state index is -0.264. The lowest BCUT2D eigenvalue weighted by molar-refractivity contribution is -0.125. The average Bonchev–Trinajstić information content (AvgIpc) is 3.11. The molecule has 0 radical (unpaired) electrons. The number of anilines is 1. The molecule has 2 amide bonds. The zero-order valence-electron chi connectivity index (χ0n) is 21.4. The van der Waals surface area contributed by atoms with E-state index in [4.69, 9.17) is 16.2 Å². The number of hydrogen-bond acceptors (Lipinski definition) is 5. The van der Waals surface area contributed by atoms with Crippen LogP contribution in [0.5, 0.6) is 0 Å². The molecule has 1 aliphatic rings. The van der Waals surface area contributed by atoms with Crippen LogP contribution in [0.1, 0.15) is 48.8 Å². The van der Waals surface area contributed by atoms with Gasteiger partial charge >= 0.3 is 0 Å². The lowest BCUT2D eigenvalue weighted by atomic mass is 9.88. The quantitative estimate of drug-likeness (QED) is 0.336. The maximum absolute atomic E-state index is 12.8. The highest BCUT2D eigenvalue weighted by Gasteiger charge is 2.26. The van der Waals surface area contributed by atoms with Gasteiger partial charge in [-0.3, -0.25) is 9.59 Å². The van der Waals surface area contributed by atoms with Crippen molar-refractivity contribution in [1.29, 1.82) is 0 Å². The summed E-state index contributed by atoms with van der Waals surface area (Å²) in [5.41, 5.74) is 5.09. The van der Waals surface area contributed by atoms with Gasteiger partial charge in [-0.1, -0.05) is 26.8 Å². The Labute approximate surface area is 217 Å². The Hall–Kier alpha value is -3.16. The van der Waals surface area contributed by atoms with Crippen LogP contribution in [0.4, 0.5) is 5.82 Å². The summed E-state index contributed by atoms with van der Waals surface area (Å²) in [7, 11) is 1.76. The number of nitrogens with one attached hydrogen (secondary N) is 2. The Morgan fingerprint density at radius 3 is 2.83 bits per heavy atom. The molecule has 0 fully saturated rings. The highest BCUT2D eigenvalue weighted by atomic mass is 35.5. The van der Waals surface area contributed by atoms with Crippen LogP contribution in [0, 0.1) is 18.3 Å². The number of aromatic nitrogens is 1. The van der Waals surface area contributed by atoms with E-state index in [0.29, 0.717) is 25.3 Å². The van der Waals surface area contributed by atoms with Crippen molar-refractivity contribution in [3.63, 3.8) is 0 Å². The number of amides is 2. The highest BCUT2D eigenvalue weighted by Crippen LogP contribution is 2.30. The van der Waals surface area contributed by atoms with Crippen molar-refractivity contribution in [2.24, 2.45) is 11.3 Å². The molecule has 8 heteroatoms. The van der Waals surface area contributed by atoms with E-state index in [-0.39, 0.29) is 23.1 Å². The van der Waals surface area contributed by atoms with E-state index >= 15 is 0 Å². The molecular formula is C28H33ClN4O3. The molecule has 1 atom stereocenters. The number of carbonyl (C=O) groups excluding carboxylic acids is 2. The first-order valence-electron chi connectivity index (χ1n) is 12.1. The number of fused-ring (bicyclic) bond motifs is 2. The largest absolute Gasteiger partial charge is 0.459 e. The molecule has 0 aliphatic carbocycles. The van der Waals surface area contributed by atoms with Crippen molar-refractivity contribution in [2.45, 2.75) is 47.1 Å². The molecule has 3 aromatic rings. The number of aryl methyl sites for hydroxylation is 1. The molecule has 0 bridgehead atoms. The first-order chi connectivity index (χ1) is 17.0. The van der Waals surface area contributed by atoms with Gasteiger partial charge in [-0.15, -0.1) is 0 Å². The summed E-state index contributed by atoms with van der Waals surface area (Å²) < 4.78 is 6.09. The van der Waals surface area contributed by atoms with Gasteiger partial charge in [-0.25, -0.2) is 9.82 Å². The maximum Gasteiger partial charge on any atom is 0.246 e. The van der Waals surface area contributed by atoms with E-state index in [1.807, 2.05) is 19.1 Å². The Kier molecular flexibility index (Phi) is 7.52. The van der Waals surface area contributed by atoms with Gasteiger partial charge in [0.2, 0.25) is 11.8 Å². The summed E-state index contributed by atoms with van der Waals surface area (Å²) in [6.45, 7) is 9.47. The number of furan rings is 1. The number of nitrogens with zero attached hydrogens (tertiary/aromatic N) is 2. The van der Waals surface area contributed by atoms with E-state index in [2.05, 4.69) is 48.0 Å². The molecule has 2 aromatic heterocycles. The van der Waals surface area contributed by atoms with E-state index < -0.39 is 0 Å². The molecule has 0 spiro atoms. The monoisotopic (exact) mass is 508 g/mol. The van der Waals surface area contributed by atoms with Crippen molar-refractivity contribution >= 4 is 46.5 Å². The predicted octanol–water partition coefficient (Wildman–Crippen LogP) is 5.25. The van der Waals surface area contributed by atoms with Gasteiger partial charge in [-0.2, -0.15) is 0 Å². The SMILES string of the molecule is Cc1c(CN(C)C(=O)/C=C/c2cnc3c(c2)CC(CNCl)C(=O)N3)oc2ccc(CC(C)(C)C)cc12. The fourth-order valence-corrected chi connectivity index (χ4v) is 4.69. The van der Waals surface area contributed by atoms with Gasteiger partial charge in [0.15, 0.2) is 0 Å². The topological polar surface area (TPSA) is 87.5 Å². The first kappa shape index (κ1) is 25.9. The van der Waals surface area contributed by atoms with Crippen molar-refractivity contribution in [3.8, 4) is 0 Å². The molecule has 1 aromatic carbocycles. The van der Waals surface area contributed by atoms with E-state index in [0.717, 1.165) is 39.8 Å². The summed E-state index contributed by atoms with van der Waals surface area (Å²) in [4.78, 5) is 33.4. The third-order valence-electron chi connectivity index (χ3n) is 6.40. The molecular weight excluding hydrogens is 476 g/mol. The molecule has 0 saturated heterocycles. The Balaban J connectivity index is 1.44. The van der Waals surface area contributed by atoms with Crippen LogP contribution in [-0.4, -0.2) is 35.3 Å². The number of benzene rings is 1. The van der Waals surface area contributed by atoms with Crippen LogP contribution < -0.4 is 10.2 Å². The van der Waals surface area contributed by atoms with Crippen LogP contribution in [0.3, 0.4) is 0 Å². The van der Waals surface area contributed by atoms with E-state index in [1.54, 1.807) is 24.2 Å². The number of carbonyl (C=O) groups is 2. The molecule has 4 rings (SSSR count). The third kappa shape index (κ3) is 5.97. The van der Waals surface area contributed by atoms with Crippen LogP contribution in [0.15, 0.2) is 41.0 Å². The van der Waals surface area contributed by atoms with Crippen LogP contribution in [0.2, 0.25) is 0 Å². The highest BCUT2D eigenvalue weighted by molar-refractivity contribution is 6.13. The van der Waals surface area contributed by atoms with Gasteiger partial charge in [0.1, 0.15) is 17.2 Å². The van der Waals surface area contributed by atoms with E-state index in [9.17, 15) is 9.59 Å². The maximum atomic E-state index is 12.8. The zero-order valence-corrected chi connectivity index (χ0v) is 22.2. The second kappa shape index (κ2) is 10.4. The summed E-state index contributed by atoms with van der Waals surface area (Å²) in [5.74, 6) is 0.832. The van der Waals surface area contributed by atoms with Gasteiger partial charge < -0.3 is 14.6 Å². The van der Waals surface area contributed by atoms with E-state index in [1.165, 1.54) is 11.6 Å². The van der Waals surface area contributed by atoms with Gasteiger partial charge in [0.25, 0.3) is 0 Å². The first-order valence-corrected chi connectivity index (χ1v) is 12.5. The number of halogens is 1.